The van der Waals surface area contributed by atoms with Crippen molar-refractivity contribution < 1.29 is 23.6 Å². The molecule has 2 atom stereocenters. The summed E-state index contributed by atoms with van der Waals surface area (Å²) in [6.45, 7) is 6.00. The summed E-state index contributed by atoms with van der Waals surface area (Å²) in [7, 11) is 0. The molecule has 2 aliphatic rings. The van der Waals surface area contributed by atoms with E-state index < -0.39 is 27.8 Å². The molecule has 0 spiro atoms. The molecule has 9 heteroatoms. The lowest BCUT2D eigenvalue weighted by Crippen LogP contribution is -2.47. The SMILES string of the molecule is CC(C)(C)OC(=O)CC1=N[C@@]2(c3cc([N+](=O)[O-])ccc3F)COCC[C@H]2CS1. The summed E-state index contributed by atoms with van der Waals surface area (Å²) in [6, 6.07) is 3.47. The fourth-order valence-electron chi connectivity index (χ4n) is 3.51. The molecule has 0 aliphatic carbocycles. The fourth-order valence-corrected chi connectivity index (χ4v) is 4.80. The minimum atomic E-state index is -1.07. The Morgan fingerprint density at radius 2 is 2.25 bits per heavy atom. The third-order valence-corrected chi connectivity index (χ3v) is 5.86. The molecule has 3 rings (SSSR count). The van der Waals surface area contributed by atoms with E-state index in [4.69, 9.17) is 14.5 Å². The van der Waals surface area contributed by atoms with Gasteiger partial charge in [0.2, 0.25) is 0 Å². The van der Waals surface area contributed by atoms with Crippen LogP contribution in [0.2, 0.25) is 0 Å². The number of benzene rings is 1. The second-order valence-corrected chi connectivity index (χ2v) is 9.06. The highest BCUT2D eigenvalue weighted by Gasteiger charge is 2.48. The number of ether oxygens (including phenoxy) is 2. The van der Waals surface area contributed by atoms with Crippen LogP contribution in [0.15, 0.2) is 23.2 Å². The van der Waals surface area contributed by atoms with Crippen LogP contribution >= 0.6 is 11.8 Å². The lowest BCUT2D eigenvalue weighted by Gasteiger charge is -2.44. The summed E-state index contributed by atoms with van der Waals surface area (Å²) in [6.07, 6.45) is 0.644. The summed E-state index contributed by atoms with van der Waals surface area (Å²) in [5, 5.41) is 11.7. The zero-order valence-corrected chi connectivity index (χ0v) is 16.9. The molecule has 0 amide bonds. The number of nitro benzene ring substituents is 1. The van der Waals surface area contributed by atoms with Crippen LogP contribution in [0, 0.1) is 21.8 Å². The predicted octanol–water partition coefficient (Wildman–Crippen LogP) is 3.84. The maximum absolute atomic E-state index is 14.7. The third-order valence-electron chi connectivity index (χ3n) is 4.73. The smallest absolute Gasteiger partial charge is 0.312 e. The van der Waals surface area contributed by atoms with E-state index >= 15 is 0 Å². The quantitative estimate of drug-likeness (QED) is 0.425. The summed E-state index contributed by atoms with van der Waals surface area (Å²) < 4.78 is 25.7. The summed E-state index contributed by atoms with van der Waals surface area (Å²) in [5.74, 6) is -0.380. The lowest BCUT2D eigenvalue weighted by molar-refractivity contribution is -0.385. The highest BCUT2D eigenvalue weighted by atomic mass is 32.2. The number of hydrogen-bond donors (Lipinski definition) is 0. The number of hydrogen-bond acceptors (Lipinski definition) is 7. The van der Waals surface area contributed by atoms with Gasteiger partial charge in [-0.1, -0.05) is 0 Å². The van der Waals surface area contributed by atoms with E-state index in [0.29, 0.717) is 23.8 Å². The standard InChI is InChI=1S/C19H23FN2O5S/c1-18(2,3)27-17(23)9-16-21-19(11-26-7-6-12(19)10-28-16)14-8-13(22(24)25)4-5-15(14)20/h4-5,8,12H,6-7,9-11H2,1-3H3/t12-,19-/m0/s1. The van der Waals surface area contributed by atoms with E-state index in [0.717, 1.165) is 12.1 Å². The van der Waals surface area contributed by atoms with E-state index in [1.807, 2.05) is 0 Å². The van der Waals surface area contributed by atoms with Crippen molar-refractivity contribution >= 4 is 28.5 Å². The van der Waals surface area contributed by atoms with E-state index in [9.17, 15) is 19.3 Å². The molecule has 2 heterocycles. The number of rotatable bonds is 4. The Morgan fingerprint density at radius 3 is 2.93 bits per heavy atom. The topological polar surface area (TPSA) is 91.0 Å². The Hall–Kier alpha value is -2.00. The monoisotopic (exact) mass is 410 g/mol. The van der Waals surface area contributed by atoms with Crippen LogP contribution in [-0.2, 0) is 19.8 Å². The molecule has 1 aromatic rings. The number of thioether (sulfide) groups is 1. The van der Waals surface area contributed by atoms with Crippen molar-refractivity contribution in [1.29, 1.82) is 0 Å². The first-order chi connectivity index (χ1) is 13.1. The number of esters is 1. The average molecular weight is 410 g/mol. The zero-order valence-electron chi connectivity index (χ0n) is 16.1. The Balaban J connectivity index is 2.00. The van der Waals surface area contributed by atoms with Gasteiger partial charge in [-0.15, -0.1) is 11.8 Å². The van der Waals surface area contributed by atoms with Crippen molar-refractivity contribution in [2.24, 2.45) is 10.9 Å². The molecule has 152 valence electrons. The largest absolute Gasteiger partial charge is 0.460 e. The van der Waals surface area contributed by atoms with Crippen molar-refractivity contribution in [3.63, 3.8) is 0 Å². The van der Waals surface area contributed by atoms with E-state index in [2.05, 4.69) is 0 Å². The molecular formula is C19H23FN2O5S. The summed E-state index contributed by atoms with van der Waals surface area (Å²) in [5.41, 5.74) is -1.74. The van der Waals surface area contributed by atoms with Crippen LogP contribution < -0.4 is 0 Å². The Morgan fingerprint density at radius 1 is 1.50 bits per heavy atom. The number of carbonyl (C=O) groups is 1. The minimum Gasteiger partial charge on any atom is -0.460 e. The highest BCUT2D eigenvalue weighted by Crippen LogP contribution is 2.46. The molecule has 0 N–H and O–H groups in total. The molecule has 0 radical (unpaired) electrons. The Kier molecular flexibility index (Phi) is 5.77. The first-order valence-electron chi connectivity index (χ1n) is 9.06. The van der Waals surface area contributed by atoms with Gasteiger partial charge in [0.15, 0.2) is 0 Å². The van der Waals surface area contributed by atoms with Crippen LogP contribution in [-0.4, -0.2) is 40.5 Å². The number of carbonyl (C=O) groups excluding carboxylic acids is 1. The van der Waals surface area contributed by atoms with Gasteiger partial charge < -0.3 is 9.47 Å². The third kappa shape index (κ3) is 4.35. The van der Waals surface area contributed by atoms with Crippen molar-refractivity contribution in [1.82, 2.24) is 0 Å². The van der Waals surface area contributed by atoms with Crippen LogP contribution in [0.25, 0.3) is 0 Å². The van der Waals surface area contributed by atoms with Crippen LogP contribution in [0.1, 0.15) is 39.2 Å². The number of non-ortho nitro benzene ring substituents is 1. The number of nitrogens with zero attached hydrogens (tertiary/aromatic N) is 2. The maximum atomic E-state index is 14.7. The molecule has 0 aromatic heterocycles. The van der Waals surface area contributed by atoms with E-state index in [1.54, 1.807) is 20.8 Å². The molecule has 0 unspecified atom stereocenters. The van der Waals surface area contributed by atoms with Crippen molar-refractivity contribution in [2.75, 3.05) is 19.0 Å². The van der Waals surface area contributed by atoms with Crippen molar-refractivity contribution in [3.05, 3.63) is 39.7 Å². The van der Waals surface area contributed by atoms with Gasteiger partial charge >= 0.3 is 5.97 Å². The summed E-state index contributed by atoms with van der Waals surface area (Å²) >= 11 is 1.45. The molecule has 1 fully saturated rings. The highest BCUT2D eigenvalue weighted by molar-refractivity contribution is 8.14. The molecule has 1 aromatic carbocycles. The zero-order chi connectivity index (χ0) is 20.5. The van der Waals surface area contributed by atoms with Gasteiger partial charge in [-0.2, -0.15) is 0 Å². The molecule has 0 bridgehead atoms. The Bertz CT molecular complexity index is 823. The normalized spacial score (nSPS) is 24.9. The van der Waals surface area contributed by atoms with Crippen LogP contribution in [0.5, 0.6) is 0 Å². The van der Waals surface area contributed by atoms with Gasteiger partial charge in [-0.25, -0.2) is 4.39 Å². The van der Waals surface area contributed by atoms with Crippen molar-refractivity contribution in [3.8, 4) is 0 Å². The van der Waals surface area contributed by atoms with Gasteiger partial charge in [-0.3, -0.25) is 19.9 Å². The predicted molar refractivity (Wildman–Crippen MR) is 104 cm³/mol. The molecule has 7 nitrogen and oxygen atoms in total. The number of nitro groups is 1. The number of aliphatic imine (C=N–C) groups is 1. The first kappa shape index (κ1) is 20.7. The van der Waals surface area contributed by atoms with Gasteiger partial charge in [0.25, 0.3) is 5.69 Å². The van der Waals surface area contributed by atoms with E-state index in [1.165, 1.54) is 17.8 Å². The minimum absolute atomic E-state index is 0.0209. The van der Waals surface area contributed by atoms with Gasteiger partial charge in [0, 0.05) is 36.0 Å². The molecular weight excluding hydrogens is 387 g/mol. The van der Waals surface area contributed by atoms with Gasteiger partial charge in [-0.05, 0) is 33.3 Å². The molecule has 1 saturated heterocycles. The molecule has 0 saturated carbocycles. The first-order valence-corrected chi connectivity index (χ1v) is 10.0. The van der Waals surface area contributed by atoms with Crippen LogP contribution in [0.3, 0.4) is 0 Å². The average Bonchev–Trinajstić information content (AvgIpc) is 2.59. The fraction of sp³-hybridized carbons (Fsp3) is 0.579. The lowest BCUT2D eigenvalue weighted by atomic mass is 9.76. The number of halogens is 1. The van der Waals surface area contributed by atoms with Gasteiger partial charge in [0.05, 0.1) is 23.0 Å². The summed E-state index contributed by atoms with van der Waals surface area (Å²) in [4.78, 5) is 27.6. The second-order valence-electron chi connectivity index (χ2n) is 7.96. The maximum Gasteiger partial charge on any atom is 0.312 e. The van der Waals surface area contributed by atoms with Crippen LogP contribution in [0.4, 0.5) is 10.1 Å². The van der Waals surface area contributed by atoms with E-state index in [-0.39, 0.29) is 30.2 Å². The molecule has 2 aliphatic heterocycles. The van der Waals surface area contributed by atoms with Gasteiger partial charge in [0.1, 0.15) is 17.0 Å². The van der Waals surface area contributed by atoms with Crippen molar-refractivity contribution in [2.45, 2.75) is 44.8 Å². The number of fused-ring (bicyclic) bond motifs is 1. The Labute approximate surface area is 166 Å². The second kappa shape index (κ2) is 7.79. The molecule has 28 heavy (non-hydrogen) atoms.